The molecule has 0 aliphatic heterocycles. The Bertz CT molecular complexity index is 837. The molecule has 0 heterocycles. The SMILES string of the molecule is Cc1ccc(N(C)P(=O)(c2ccccc2)c2ccccc2)c(Br)c1. The molecule has 0 bridgehead atoms. The third-order valence-corrected chi connectivity index (χ3v) is 7.78. The highest BCUT2D eigenvalue weighted by molar-refractivity contribution is 9.10. The maximum atomic E-state index is 14.3. The van der Waals surface area contributed by atoms with E-state index in [1.165, 1.54) is 0 Å². The van der Waals surface area contributed by atoms with Gasteiger partial charge in [0, 0.05) is 22.1 Å². The molecule has 3 rings (SSSR count). The van der Waals surface area contributed by atoms with E-state index in [4.69, 9.17) is 0 Å². The molecule has 0 spiro atoms. The van der Waals surface area contributed by atoms with Gasteiger partial charge < -0.3 is 4.67 Å². The highest BCUT2D eigenvalue weighted by Crippen LogP contribution is 2.50. The van der Waals surface area contributed by atoms with Gasteiger partial charge in [0.25, 0.3) is 0 Å². The lowest BCUT2D eigenvalue weighted by Crippen LogP contribution is -2.29. The maximum absolute atomic E-state index is 14.3. The fraction of sp³-hybridized carbons (Fsp3) is 0.100. The lowest BCUT2D eigenvalue weighted by Gasteiger charge is -2.31. The van der Waals surface area contributed by atoms with Gasteiger partial charge in [0.15, 0.2) is 0 Å². The normalized spacial score (nSPS) is 11.3. The van der Waals surface area contributed by atoms with Crippen molar-refractivity contribution in [2.45, 2.75) is 6.92 Å². The van der Waals surface area contributed by atoms with Crippen LogP contribution in [0, 0.1) is 6.92 Å². The summed E-state index contributed by atoms with van der Waals surface area (Å²) in [6.07, 6.45) is 0. The molecule has 0 unspecified atom stereocenters. The summed E-state index contributed by atoms with van der Waals surface area (Å²) in [6, 6.07) is 25.5. The molecule has 0 saturated heterocycles. The van der Waals surface area contributed by atoms with E-state index in [9.17, 15) is 4.57 Å². The summed E-state index contributed by atoms with van der Waals surface area (Å²) in [5, 5.41) is 1.65. The van der Waals surface area contributed by atoms with Gasteiger partial charge in [-0.3, -0.25) is 4.57 Å². The molecular formula is C20H19BrNOP. The van der Waals surface area contributed by atoms with Crippen LogP contribution in [-0.2, 0) is 4.57 Å². The molecule has 24 heavy (non-hydrogen) atoms. The van der Waals surface area contributed by atoms with Crippen LogP contribution in [0.4, 0.5) is 5.69 Å². The Kier molecular flexibility index (Phi) is 4.93. The summed E-state index contributed by atoms with van der Waals surface area (Å²) in [5.41, 5.74) is 2.07. The Morgan fingerprint density at radius 3 is 1.79 bits per heavy atom. The van der Waals surface area contributed by atoms with E-state index >= 15 is 0 Å². The molecule has 3 aromatic rings. The molecule has 3 aromatic carbocycles. The highest BCUT2D eigenvalue weighted by Gasteiger charge is 2.33. The number of hydrogen-bond donors (Lipinski definition) is 0. The number of aryl methyl sites for hydroxylation is 1. The van der Waals surface area contributed by atoms with Crippen molar-refractivity contribution < 1.29 is 4.57 Å². The van der Waals surface area contributed by atoms with Gasteiger partial charge >= 0.3 is 0 Å². The van der Waals surface area contributed by atoms with E-state index in [2.05, 4.69) is 15.9 Å². The van der Waals surface area contributed by atoms with Gasteiger partial charge in [0.2, 0.25) is 7.29 Å². The summed E-state index contributed by atoms with van der Waals surface area (Å²) >= 11 is 3.62. The Morgan fingerprint density at radius 2 is 1.33 bits per heavy atom. The van der Waals surface area contributed by atoms with Crippen molar-refractivity contribution in [2.75, 3.05) is 11.7 Å². The lowest BCUT2D eigenvalue weighted by atomic mass is 10.2. The van der Waals surface area contributed by atoms with Gasteiger partial charge in [0.05, 0.1) is 5.69 Å². The number of hydrogen-bond acceptors (Lipinski definition) is 1. The highest BCUT2D eigenvalue weighted by atomic mass is 79.9. The molecule has 0 aromatic heterocycles. The maximum Gasteiger partial charge on any atom is 0.229 e. The minimum absolute atomic E-state index is 0.825. The van der Waals surface area contributed by atoms with Gasteiger partial charge in [-0.25, -0.2) is 0 Å². The Labute approximate surface area is 151 Å². The molecule has 0 fully saturated rings. The summed E-state index contributed by atoms with van der Waals surface area (Å²) in [5.74, 6) is 0. The molecule has 0 amide bonds. The second-order valence-electron chi connectivity index (χ2n) is 5.73. The number of rotatable bonds is 4. The van der Waals surface area contributed by atoms with Crippen molar-refractivity contribution in [1.82, 2.24) is 0 Å². The predicted octanol–water partition coefficient (Wildman–Crippen LogP) is 5.12. The number of halogens is 1. The van der Waals surface area contributed by atoms with Crippen LogP contribution in [0.5, 0.6) is 0 Å². The van der Waals surface area contributed by atoms with Crippen molar-refractivity contribution in [3.63, 3.8) is 0 Å². The summed E-state index contributed by atoms with van der Waals surface area (Å²) < 4.78 is 17.1. The molecule has 122 valence electrons. The zero-order chi connectivity index (χ0) is 17.2. The fourth-order valence-electron chi connectivity index (χ4n) is 2.78. The first-order chi connectivity index (χ1) is 11.5. The topological polar surface area (TPSA) is 20.3 Å². The molecule has 0 aliphatic carbocycles. The summed E-state index contributed by atoms with van der Waals surface area (Å²) in [7, 11) is -1.08. The largest absolute Gasteiger partial charge is 0.318 e. The van der Waals surface area contributed by atoms with E-state index < -0.39 is 7.29 Å². The fourth-order valence-corrected chi connectivity index (χ4v) is 6.30. The molecule has 0 aliphatic rings. The molecule has 0 radical (unpaired) electrons. The minimum Gasteiger partial charge on any atom is -0.318 e. The average Bonchev–Trinajstić information content (AvgIpc) is 2.62. The summed E-state index contributed by atoms with van der Waals surface area (Å²) in [4.78, 5) is 0. The van der Waals surface area contributed by atoms with Crippen LogP contribution in [0.15, 0.2) is 83.3 Å². The standard InChI is InChI=1S/C20H19BrNOP/c1-16-13-14-20(19(21)15-16)22(2)24(23,17-9-5-3-6-10-17)18-11-7-4-8-12-18/h3-15H,1-2H3. The quantitative estimate of drug-likeness (QED) is 0.567. The van der Waals surface area contributed by atoms with Gasteiger partial charge in [-0.1, -0.05) is 42.5 Å². The van der Waals surface area contributed by atoms with E-state index in [1.807, 2.05) is 97.5 Å². The van der Waals surface area contributed by atoms with Gasteiger partial charge in [-0.15, -0.1) is 0 Å². The Balaban J connectivity index is 2.21. The third kappa shape index (κ3) is 3.07. The van der Waals surface area contributed by atoms with Crippen LogP contribution < -0.4 is 15.3 Å². The van der Waals surface area contributed by atoms with Crippen molar-refractivity contribution in [3.8, 4) is 0 Å². The smallest absolute Gasteiger partial charge is 0.229 e. The first-order valence-electron chi connectivity index (χ1n) is 7.75. The van der Waals surface area contributed by atoms with E-state index in [0.29, 0.717) is 0 Å². The van der Waals surface area contributed by atoms with Gasteiger partial charge in [0.1, 0.15) is 0 Å². The molecule has 2 nitrogen and oxygen atoms in total. The number of anilines is 1. The van der Waals surface area contributed by atoms with Gasteiger partial charge in [-0.05, 0) is 64.8 Å². The van der Waals surface area contributed by atoms with Crippen LogP contribution >= 0.6 is 23.2 Å². The number of benzene rings is 3. The second-order valence-corrected chi connectivity index (χ2v) is 9.36. The molecule has 0 saturated carbocycles. The van der Waals surface area contributed by atoms with Crippen molar-refractivity contribution >= 4 is 39.5 Å². The lowest BCUT2D eigenvalue weighted by molar-refractivity contribution is 0.586. The van der Waals surface area contributed by atoms with Crippen LogP contribution in [0.1, 0.15) is 5.56 Å². The zero-order valence-electron chi connectivity index (χ0n) is 13.7. The summed E-state index contributed by atoms with van der Waals surface area (Å²) in [6.45, 7) is 2.04. The Hall–Kier alpha value is -1.83. The van der Waals surface area contributed by atoms with E-state index in [0.717, 1.165) is 26.3 Å². The predicted molar refractivity (Wildman–Crippen MR) is 107 cm³/mol. The zero-order valence-corrected chi connectivity index (χ0v) is 16.2. The third-order valence-electron chi connectivity index (χ3n) is 4.09. The van der Waals surface area contributed by atoms with E-state index in [-0.39, 0.29) is 0 Å². The first-order valence-corrected chi connectivity index (χ1v) is 10.2. The van der Waals surface area contributed by atoms with Crippen LogP contribution in [-0.4, -0.2) is 7.05 Å². The second kappa shape index (κ2) is 6.96. The molecule has 0 N–H and O–H groups in total. The minimum atomic E-state index is -2.98. The monoisotopic (exact) mass is 399 g/mol. The Morgan fingerprint density at radius 1 is 0.833 bits per heavy atom. The molecule has 0 atom stereocenters. The average molecular weight is 400 g/mol. The van der Waals surface area contributed by atoms with Gasteiger partial charge in [-0.2, -0.15) is 0 Å². The van der Waals surface area contributed by atoms with E-state index in [1.54, 1.807) is 0 Å². The molecular weight excluding hydrogens is 381 g/mol. The van der Waals surface area contributed by atoms with Crippen molar-refractivity contribution in [2.24, 2.45) is 0 Å². The van der Waals surface area contributed by atoms with Crippen LogP contribution in [0.25, 0.3) is 0 Å². The van der Waals surface area contributed by atoms with Crippen LogP contribution in [0.2, 0.25) is 0 Å². The van der Waals surface area contributed by atoms with Crippen LogP contribution in [0.3, 0.4) is 0 Å². The van der Waals surface area contributed by atoms with Crippen molar-refractivity contribution in [1.29, 1.82) is 0 Å². The number of nitrogens with zero attached hydrogens (tertiary/aromatic N) is 1. The first kappa shape index (κ1) is 17.0. The van der Waals surface area contributed by atoms with Crippen molar-refractivity contribution in [3.05, 3.63) is 88.9 Å². The molecule has 4 heteroatoms.